The molecule has 1 aromatic rings. The number of ether oxygens (including phenoxy) is 2. The van der Waals surface area contributed by atoms with Gasteiger partial charge in [-0.3, -0.25) is 4.68 Å². The standard InChI is InChI=1S/C13H20N2O4/c1-18-7-4-15-11(9-12(14-15)13(16)17)8-10-2-5-19-6-3-10/h9-10H,2-8H2,1H3,(H,16,17). The van der Waals surface area contributed by atoms with E-state index in [0.29, 0.717) is 19.1 Å². The van der Waals surface area contributed by atoms with Gasteiger partial charge >= 0.3 is 5.97 Å². The van der Waals surface area contributed by atoms with E-state index in [0.717, 1.165) is 38.2 Å². The number of carboxylic acid groups (broad SMARTS) is 1. The molecule has 0 spiro atoms. The number of hydrogen-bond acceptors (Lipinski definition) is 4. The molecular weight excluding hydrogens is 248 g/mol. The molecule has 106 valence electrons. The van der Waals surface area contributed by atoms with Crippen molar-refractivity contribution in [3.8, 4) is 0 Å². The largest absolute Gasteiger partial charge is 0.476 e. The number of aromatic nitrogens is 2. The lowest BCUT2D eigenvalue weighted by atomic mass is 9.95. The van der Waals surface area contributed by atoms with Crippen LogP contribution in [0.1, 0.15) is 29.0 Å². The van der Waals surface area contributed by atoms with Crippen LogP contribution in [-0.4, -0.2) is 47.8 Å². The monoisotopic (exact) mass is 268 g/mol. The van der Waals surface area contributed by atoms with Crippen molar-refractivity contribution in [2.75, 3.05) is 26.9 Å². The third kappa shape index (κ3) is 3.78. The summed E-state index contributed by atoms with van der Waals surface area (Å²) < 4.78 is 12.1. The van der Waals surface area contributed by atoms with Crippen LogP contribution in [-0.2, 0) is 22.4 Å². The molecule has 2 rings (SSSR count). The van der Waals surface area contributed by atoms with Crippen LogP contribution in [0.4, 0.5) is 0 Å². The summed E-state index contributed by atoms with van der Waals surface area (Å²) in [6.07, 6.45) is 2.91. The highest BCUT2D eigenvalue weighted by atomic mass is 16.5. The maximum absolute atomic E-state index is 11.0. The van der Waals surface area contributed by atoms with E-state index < -0.39 is 5.97 Å². The van der Waals surface area contributed by atoms with Gasteiger partial charge in [-0.15, -0.1) is 0 Å². The number of methoxy groups -OCH3 is 1. The number of aromatic carboxylic acids is 1. The van der Waals surface area contributed by atoms with Gasteiger partial charge in [0, 0.05) is 26.0 Å². The summed E-state index contributed by atoms with van der Waals surface area (Å²) >= 11 is 0. The van der Waals surface area contributed by atoms with Gasteiger partial charge in [-0.1, -0.05) is 0 Å². The van der Waals surface area contributed by atoms with Crippen LogP contribution < -0.4 is 0 Å². The fourth-order valence-electron chi connectivity index (χ4n) is 2.34. The van der Waals surface area contributed by atoms with Gasteiger partial charge in [-0.05, 0) is 31.2 Å². The second-order valence-corrected chi connectivity index (χ2v) is 4.80. The molecule has 0 saturated carbocycles. The molecule has 1 aliphatic rings. The predicted octanol–water partition coefficient (Wildman–Crippen LogP) is 1.20. The molecule has 0 aliphatic carbocycles. The maximum atomic E-state index is 11.0. The van der Waals surface area contributed by atoms with Crippen molar-refractivity contribution in [3.63, 3.8) is 0 Å². The first-order valence-corrected chi connectivity index (χ1v) is 6.57. The lowest BCUT2D eigenvalue weighted by Gasteiger charge is -2.22. The van der Waals surface area contributed by atoms with E-state index in [2.05, 4.69) is 5.10 Å². The zero-order valence-electron chi connectivity index (χ0n) is 11.2. The zero-order valence-corrected chi connectivity index (χ0v) is 11.2. The molecule has 0 amide bonds. The lowest BCUT2D eigenvalue weighted by molar-refractivity contribution is 0.0657. The molecule has 0 unspecified atom stereocenters. The molecule has 6 heteroatoms. The number of carbonyl (C=O) groups is 1. The van der Waals surface area contributed by atoms with Gasteiger partial charge < -0.3 is 14.6 Å². The fraction of sp³-hybridized carbons (Fsp3) is 0.692. The Morgan fingerprint density at radius 3 is 2.95 bits per heavy atom. The molecule has 19 heavy (non-hydrogen) atoms. The topological polar surface area (TPSA) is 73.6 Å². The van der Waals surface area contributed by atoms with Crippen molar-refractivity contribution >= 4 is 5.97 Å². The quantitative estimate of drug-likeness (QED) is 0.839. The van der Waals surface area contributed by atoms with Crippen LogP contribution >= 0.6 is 0 Å². The Kier molecular flexibility index (Phi) is 4.93. The van der Waals surface area contributed by atoms with Crippen LogP contribution in [0, 0.1) is 5.92 Å². The lowest BCUT2D eigenvalue weighted by Crippen LogP contribution is -2.19. The van der Waals surface area contributed by atoms with Crippen LogP contribution in [0.3, 0.4) is 0 Å². The summed E-state index contributed by atoms with van der Waals surface area (Å²) in [5.41, 5.74) is 1.08. The number of hydrogen-bond donors (Lipinski definition) is 1. The third-order valence-electron chi connectivity index (χ3n) is 3.43. The van der Waals surface area contributed by atoms with E-state index >= 15 is 0 Å². The minimum Gasteiger partial charge on any atom is -0.476 e. The average molecular weight is 268 g/mol. The second kappa shape index (κ2) is 6.68. The first-order valence-electron chi connectivity index (χ1n) is 6.57. The first kappa shape index (κ1) is 14.0. The van der Waals surface area contributed by atoms with Gasteiger partial charge in [-0.25, -0.2) is 4.79 Å². The van der Waals surface area contributed by atoms with Crippen molar-refractivity contribution in [2.24, 2.45) is 5.92 Å². The van der Waals surface area contributed by atoms with Crippen LogP contribution in [0.2, 0.25) is 0 Å². The van der Waals surface area contributed by atoms with Crippen molar-refractivity contribution in [1.29, 1.82) is 0 Å². The highest BCUT2D eigenvalue weighted by molar-refractivity contribution is 5.85. The van der Waals surface area contributed by atoms with Crippen molar-refractivity contribution < 1.29 is 19.4 Å². The summed E-state index contributed by atoms with van der Waals surface area (Å²) in [7, 11) is 1.62. The normalized spacial score (nSPS) is 16.7. The Bertz CT molecular complexity index is 424. The zero-order chi connectivity index (χ0) is 13.7. The highest BCUT2D eigenvalue weighted by Crippen LogP contribution is 2.20. The first-order chi connectivity index (χ1) is 9.20. The van der Waals surface area contributed by atoms with E-state index in [1.807, 2.05) is 0 Å². The van der Waals surface area contributed by atoms with Gasteiger partial charge in [0.1, 0.15) is 0 Å². The molecule has 0 bridgehead atoms. The van der Waals surface area contributed by atoms with Gasteiger partial charge in [-0.2, -0.15) is 5.10 Å². The molecular formula is C13H20N2O4. The van der Waals surface area contributed by atoms with Crippen LogP contribution in [0.25, 0.3) is 0 Å². The Morgan fingerprint density at radius 1 is 1.58 bits per heavy atom. The van der Waals surface area contributed by atoms with Crippen LogP contribution in [0.5, 0.6) is 0 Å². The third-order valence-corrected chi connectivity index (χ3v) is 3.43. The van der Waals surface area contributed by atoms with Crippen LogP contribution in [0.15, 0.2) is 6.07 Å². The van der Waals surface area contributed by atoms with Gasteiger partial charge in [0.05, 0.1) is 13.2 Å². The fourth-order valence-corrected chi connectivity index (χ4v) is 2.34. The summed E-state index contributed by atoms with van der Waals surface area (Å²) in [5, 5.41) is 13.1. The SMILES string of the molecule is COCCn1nc(C(=O)O)cc1CC1CCOCC1. The summed E-state index contributed by atoms with van der Waals surface area (Å²) in [6, 6.07) is 1.67. The van der Waals surface area contributed by atoms with E-state index in [1.165, 1.54) is 0 Å². The molecule has 6 nitrogen and oxygen atoms in total. The number of rotatable bonds is 6. The number of nitrogens with zero attached hydrogens (tertiary/aromatic N) is 2. The predicted molar refractivity (Wildman–Crippen MR) is 68.3 cm³/mol. The minimum atomic E-state index is -0.982. The van der Waals surface area contributed by atoms with E-state index in [1.54, 1.807) is 17.9 Å². The van der Waals surface area contributed by atoms with Crippen molar-refractivity contribution in [1.82, 2.24) is 9.78 Å². The average Bonchev–Trinajstić information content (AvgIpc) is 2.81. The Morgan fingerprint density at radius 2 is 2.32 bits per heavy atom. The molecule has 0 atom stereocenters. The summed E-state index contributed by atoms with van der Waals surface area (Å²) in [6.45, 7) is 2.70. The van der Waals surface area contributed by atoms with E-state index in [4.69, 9.17) is 14.6 Å². The minimum absolute atomic E-state index is 0.109. The molecule has 1 aliphatic heterocycles. The van der Waals surface area contributed by atoms with Gasteiger partial charge in [0.25, 0.3) is 0 Å². The Labute approximate surface area is 112 Å². The van der Waals surface area contributed by atoms with Crippen molar-refractivity contribution in [3.05, 3.63) is 17.5 Å². The van der Waals surface area contributed by atoms with Crippen molar-refractivity contribution in [2.45, 2.75) is 25.8 Å². The number of carboxylic acids is 1. The van der Waals surface area contributed by atoms with Gasteiger partial charge in [0.15, 0.2) is 5.69 Å². The van der Waals surface area contributed by atoms with Gasteiger partial charge in [0.2, 0.25) is 0 Å². The Hall–Kier alpha value is -1.40. The maximum Gasteiger partial charge on any atom is 0.356 e. The second-order valence-electron chi connectivity index (χ2n) is 4.80. The molecule has 0 aromatic carbocycles. The smallest absolute Gasteiger partial charge is 0.356 e. The Balaban J connectivity index is 2.08. The molecule has 0 radical (unpaired) electrons. The van der Waals surface area contributed by atoms with E-state index in [-0.39, 0.29) is 5.69 Å². The molecule has 1 saturated heterocycles. The summed E-state index contributed by atoms with van der Waals surface area (Å²) in [4.78, 5) is 11.0. The summed E-state index contributed by atoms with van der Waals surface area (Å²) in [5.74, 6) is -0.433. The highest BCUT2D eigenvalue weighted by Gasteiger charge is 2.19. The molecule has 1 aromatic heterocycles. The molecule has 1 fully saturated rings. The molecule has 1 N–H and O–H groups in total. The van der Waals surface area contributed by atoms with E-state index in [9.17, 15) is 4.79 Å². The molecule has 2 heterocycles.